The van der Waals surface area contributed by atoms with Gasteiger partial charge in [0.25, 0.3) is 0 Å². The number of rotatable bonds is 4. The van der Waals surface area contributed by atoms with Gasteiger partial charge in [-0.05, 0) is 24.6 Å². The molecule has 1 aromatic carbocycles. The number of benzene rings is 1. The van der Waals surface area contributed by atoms with Gasteiger partial charge in [-0.15, -0.1) is 11.8 Å². The third kappa shape index (κ3) is 4.23. The van der Waals surface area contributed by atoms with Crippen LogP contribution in [-0.2, 0) is 9.53 Å². The number of nitrogens with zero attached hydrogens (tertiary/aromatic N) is 1. The monoisotopic (exact) mass is 280 g/mol. The molecule has 19 heavy (non-hydrogen) atoms. The molecule has 1 saturated heterocycles. The van der Waals surface area contributed by atoms with Crippen LogP contribution in [0.3, 0.4) is 0 Å². The van der Waals surface area contributed by atoms with Crippen molar-refractivity contribution in [3.63, 3.8) is 0 Å². The quantitative estimate of drug-likeness (QED) is 0.852. The molecule has 0 aromatic heterocycles. The van der Waals surface area contributed by atoms with E-state index in [1.807, 2.05) is 30.0 Å². The van der Waals surface area contributed by atoms with Gasteiger partial charge in [-0.3, -0.25) is 4.79 Å². The highest BCUT2D eigenvalue weighted by Crippen LogP contribution is 2.22. The van der Waals surface area contributed by atoms with Crippen LogP contribution < -0.4 is 5.73 Å². The maximum Gasteiger partial charge on any atom is 0.233 e. The zero-order valence-electron chi connectivity index (χ0n) is 11.2. The van der Waals surface area contributed by atoms with E-state index >= 15 is 0 Å². The Labute approximate surface area is 118 Å². The maximum atomic E-state index is 12.0. The molecule has 104 valence electrons. The van der Waals surface area contributed by atoms with Crippen LogP contribution in [0.1, 0.15) is 18.5 Å². The summed E-state index contributed by atoms with van der Waals surface area (Å²) in [6.07, 6.45) is 0. The summed E-state index contributed by atoms with van der Waals surface area (Å²) in [5.74, 6) is 0.655. The Hall–Kier alpha value is -1.04. The third-order valence-electron chi connectivity index (χ3n) is 3.11. The van der Waals surface area contributed by atoms with Crippen LogP contribution in [0, 0.1) is 0 Å². The van der Waals surface area contributed by atoms with E-state index in [-0.39, 0.29) is 11.9 Å². The van der Waals surface area contributed by atoms with Gasteiger partial charge in [0, 0.05) is 24.0 Å². The molecule has 1 aliphatic heterocycles. The van der Waals surface area contributed by atoms with Crippen LogP contribution >= 0.6 is 11.8 Å². The Balaban J connectivity index is 1.87. The molecule has 0 radical (unpaired) electrons. The molecule has 2 N–H and O–H groups in total. The lowest BCUT2D eigenvalue weighted by atomic mass is 10.1. The van der Waals surface area contributed by atoms with E-state index in [0.29, 0.717) is 32.1 Å². The van der Waals surface area contributed by atoms with Crippen molar-refractivity contribution >= 4 is 17.7 Å². The topological polar surface area (TPSA) is 55.6 Å². The second kappa shape index (κ2) is 6.93. The molecule has 1 atom stereocenters. The van der Waals surface area contributed by atoms with E-state index in [4.69, 9.17) is 10.5 Å². The number of ether oxygens (including phenoxy) is 1. The minimum absolute atomic E-state index is 0.0236. The highest BCUT2D eigenvalue weighted by Gasteiger charge is 2.16. The van der Waals surface area contributed by atoms with E-state index in [1.54, 1.807) is 11.8 Å². The van der Waals surface area contributed by atoms with Crippen LogP contribution in [0.2, 0.25) is 0 Å². The molecule has 0 bridgehead atoms. The normalized spacial score (nSPS) is 17.3. The van der Waals surface area contributed by atoms with Crippen LogP contribution in [-0.4, -0.2) is 42.9 Å². The van der Waals surface area contributed by atoms with Gasteiger partial charge in [-0.25, -0.2) is 0 Å². The summed E-state index contributed by atoms with van der Waals surface area (Å²) in [7, 11) is 0. The smallest absolute Gasteiger partial charge is 0.233 e. The lowest BCUT2D eigenvalue weighted by Crippen LogP contribution is -2.41. The van der Waals surface area contributed by atoms with Gasteiger partial charge in [0.15, 0.2) is 0 Å². The molecule has 0 saturated carbocycles. The van der Waals surface area contributed by atoms with Gasteiger partial charge < -0.3 is 15.4 Å². The average molecular weight is 280 g/mol. The van der Waals surface area contributed by atoms with Crippen molar-refractivity contribution in [1.29, 1.82) is 0 Å². The molecule has 4 nitrogen and oxygen atoms in total. The number of carbonyl (C=O) groups is 1. The molecule has 0 spiro atoms. The van der Waals surface area contributed by atoms with Gasteiger partial charge in [0.05, 0.1) is 19.0 Å². The molecule has 1 amide bonds. The number of hydrogen-bond acceptors (Lipinski definition) is 4. The first-order chi connectivity index (χ1) is 9.16. The molecule has 2 rings (SSSR count). The van der Waals surface area contributed by atoms with Crippen molar-refractivity contribution < 1.29 is 9.53 Å². The Morgan fingerprint density at radius 3 is 2.89 bits per heavy atom. The molecular weight excluding hydrogens is 260 g/mol. The van der Waals surface area contributed by atoms with Crippen LogP contribution in [0.15, 0.2) is 29.2 Å². The Morgan fingerprint density at radius 1 is 1.47 bits per heavy atom. The van der Waals surface area contributed by atoms with Gasteiger partial charge in [-0.1, -0.05) is 12.1 Å². The molecule has 1 fully saturated rings. The van der Waals surface area contributed by atoms with Gasteiger partial charge >= 0.3 is 0 Å². The summed E-state index contributed by atoms with van der Waals surface area (Å²) in [6, 6.07) is 8.10. The number of nitrogens with two attached hydrogens (primary N) is 1. The lowest BCUT2D eigenvalue weighted by molar-refractivity contribution is -0.132. The molecule has 1 unspecified atom stereocenters. The number of hydrogen-bond donors (Lipinski definition) is 1. The van der Waals surface area contributed by atoms with Crippen molar-refractivity contribution in [1.82, 2.24) is 4.90 Å². The fraction of sp³-hybridized carbons (Fsp3) is 0.500. The summed E-state index contributed by atoms with van der Waals surface area (Å²) in [6.45, 7) is 4.67. The minimum Gasteiger partial charge on any atom is -0.378 e. The Kier molecular flexibility index (Phi) is 5.24. The van der Waals surface area contributed by atoms with Crippen molar-refractivity contribution in [2.24, 2.45) is 5.73 Å². The van der Waals surface area contributed by atoms with Gasteiger partial charge in [-0.2, -0.15) is 0 Å². The number of amides is 1. The van der Waals surface area contributed by atoms with Crippen LogP contribution in [0.25, 0.3) is 0 Å². The predicted octanol–water partition coefficient (Wildman–Crippen LogP) is 1.66. The van der Waals surface area contributed by atoms with E-state index in [1.165, 1.54) is 0 Å². The summed E-state index contributed by atoms with van der Waals surface area (Å²) < 4.78 is 5.24. The van der Waals surface area contributed by atoms with E-state index in [9.17, 15) is 4.79 Å². The van der Waals surface area contributed by atoms with Crippen molar-refractivity contribution in [2.75, 3.05) is 32.1 Å². The molecular formula is C14H20N2O2S. The van der Waals surface area contributed by atoms with Gasteiger partial charge in [0.1, 0.15) is 0 Å². The molecule has 1 aliphatic rings. The number of carbonyl (C=O) groups excluding carboxylic acids is 1. The van der Waals surface area contributed by atoms with Gasteiger partial charge in [0.2, 0.25) is 5.91 Å². The lowest BCUT2D eigenvalue weighted by Gasteiger charge is -2.26. The van der Waals surface area contributed by atoms with Crippen LogP contribution in [0.5, 0.6) is 0 Å². The highest BCUT2D eigenvalue weighted by molar-refractivity contribution is 8.00. The maximum absolute atomic E-state index is 12.0. The second-order valence-electron chi connectivity index (χ2n) is 4.64. The first kappa shape index (κ1) is 14.4. The summed E-state index contributed by atoms with van der Waals surface area (Å²) in [4.78, 5) is 15.0. The average Bonchev–Trinajstić information content (AvgIpc) is 2.46. The number of morpholine rings is 1. The second-order valence-corrected chi connectivity index (χ2v) is 5.69. The Morgan fingerprint density at radius 2 is 2.21 bits per heavy atom. The Bertz CT molecular complexity index is 431. The van der Waals surface area contributed by atoms with E-state index in [0.717, 1.165) is 10.5 Å². The summed E-state index contributed by atoms with van der Waals surface area (Å²) in [5, 5.41) is 0. The largest absolute Gasteiger partial charge is 0.378 e. The highest BCUT2D eigenvalue weighted by atomic mass is 32.2. The standard InChI is InChI=1S/C14H20N2O2S/c1-11(15)12-3-2-4-13(9-12)19-10-14(17)16-5-7-18-8-6-16/h2-4,9,11H,5-8,10,15H2,1H3. The third-order valence-corrected chi connectivity index (χ3v) is 4.09. The zero-order valence-corrected chi connectivity index (χ0v) is 12.0. The van der Waals surface area contributed by atoms with Crippen LogP contribution in [0.4, 0.5) is 0 Å². The summed E-state index contributed by atoms with van der Waals surface area (Å²) >= 11 is 1.57. The molecule has 1 heterocycles. The van der Waals surface area contributed by atoms with E-state index < -0.39 is 0 Å². The molecule has 1 aromatic rings. The number of thioether (sulfide) groups is 1. The SMILES string of the molecule is CC(N)c1cccc(SCC(=O)N2CCOCC2)c1. The first-order valence-electron chi connectivity index (χ1n) is 6.50. The first-order valence-corrected chi connectivity index (χ1v) is 7.49. The molecule has 5 heteroatoms. The van der Waals surface area contributed by atoms with Crippen molar-refractivity contribution in [3.8, 4) is 0 Å². The fourth-order valence-corrected chi connectivity index (χ4v) is 2.80. The summed E-state index contributed by atoms with van der Waals surface area (Å²) in [5.41, 5.74) is 6.96. The molecule has 0 aliphatic carbocycles. The zero-order chi connectivity index (χ0) is 13.7. The minimum atomic E-state index is 0.0236. The van der Waals surface area contributed by atoms with Crippen molar-refractivity contribution in [2.45, 2.75) is 17.9 Å². The fourth-order valence-electron chi connectivity index (χ4n) is 1.94. The predicted molar refractivity (Wildman–Crippen MR) is 77.2 cm³/mol. The van der Waals surface area contributed by atoms with Crippen molar-refractivity contribution in [3.05, 3.63) is 29.8 Å². The van der Waals surface area contributed by atoms with E-state index in [2.05, 4.69) is 6.07 Å².